The van der Waals surface area contributed by atoms with Gasteiger partial charge < -0.3 is 10.6 Å². The van der Waals surface area contributed by atoms with Crippen LogP contribution in [0, 0.1) is 0 Å². The number of hydrogen-bond acceptors (Lipinski definition) is 5. The van der Waals surface area contributed by atoms with Crippen LogP contribution in [0.1, 0.15) is 25.0 Å². The Labute approximate surface area is 217 Å². The summed E-state index contributed by atoms with van der Waals surface area (Å²) in [6.07, 6.45) is 0.859. The van der Waals surface area contributed by atoms with Crippen molar-refractivity contribution in [2.24, 2.45) is 0 Å². The lowest BCUT2D eigenvalue weighted by molar-refractivity contribution is -0.132. The fourth-order valence-electron chi connectivity index (χ4n) is 5.15. The molecule has 2 fully saturated rings. The first-order valence-corrected chi connectivity index (χ1v) is 12.8. The molecule has 37 heavy (non-hydrogen) atoms. The predicted octanol–water partition coefficient (Wildman–Crippen LogP) is 3.38. The zero-order valence-electron chi connectivity index (χ0n) is 21.4. The maximum absolute atomic E-state index is 13.4. The third kappa shape index (κ3) is 5.08. The van der Waals surface area contributed by atoms with Crippen molar-refractivity contribution in [3.05, 3.63) is 77.9 Å². The van der Waals surface area contributed by atoms with Gasteiger partial charge in [-0.1, -0.05) is 61.5 Å². The maximum Gasteiger partial charge on any atom is 0.326 e. The lowest BCUT2D eigenvalue weighted by atomic mass is 9.90. The molecule has 0 aromatic heterocycles. The number of nitrogens with zero attached hydrogens (tertiary/aromatic N) is 3. The van der Waals surface area contributed by atoms with Gasteiger partial charge in [0.15, 0.2) is 0 Å². The summed E-state index contributed by atoms with van der Waals surface area (Å²) in [5.41, 5.74) is 1.65. The number of aryl methyl sites for hydroxylation is 1. The summed E-state index contributed by atoms with van der Waals surface area (Å²) in [7, 11) is 0. The van der Waals surface area contributed by atoms with Crippen LogP contribution < -0.4 is 10.6 Å². The van der Waals surface area contributed by atoms with Gasteiger partial charge in [-0.05, 0) is 47.4 Å². The van der Waals surface area contributed by atoms with E-state index in [-0.39, 0.29) is 24.5 Å². The van der Waals surface area contributed by atoms with Crippen LogP contribution in [0.25, 0.3) is 10.8 Å². The van der Waals surface area contributed by atoms with Crippen molar-refractivity contribution >= 4 is 34.3 Å². The Morgan fingerprint density at radius 1 is 0.919 bits per heavy atom. The Balaban J connectivity index is 1.16. The van der Waals surface area contributed by atoms with Gasteiger partial charge in [0.25, 0.3) is 5.91 Å². The highest BCUT2D eigenvalue weighted by molar-refractivity contribution is 6.07. The molecular formula is C29H33N5O3. The van der Waals surface area contributed by atoms with E-state index < -0.39 is 5.54 Å². The maximum atomic E-state index is 13.4. The molecule has 2 aliphatic heterocycles. The molecule has 0 radical (unpaired) electrons. The second kappa shape index (κ2) is 10.3. The van der Waals surface area contributed by atoms with Crippen LogP contribution in [-0.2, 0) is 21.5 Å². The summed E-state index contributed by atoms with van der Waals surface area (Å²) in [6, 6.07) is 21.3. The number of para-hydroxylation sites is 1. The smallest absolute Gasteiger partial charge is 0.325 e. The number of benzene rings is 3. The minimum Gasteiger partial charge on any atom is -0.325 e. The van der Waals surface area contributed by atoms with Crippen molar-refractivity contribution < 1.29 is 14.4 Å². The Morgan fingerprint density at radius 2 is 1.59 bits per heavy atom. The molecule has 0 saturated carbocycles. The first-order valence-electron chi connectivity index (χ1n) is 12.8. The second-order valence-electron chi connectivity index (χ2n) is 9.94. The van der Waals surface area contributed by atoms with E-state index in [1.807, 2.05) is 66.7 Å². The molecule has 8 heteroatoms. The highest BCUT2D eigenvalue weighted by Crippen LogP contribution is 2.31. The molecule has 4 amide bonds. The van der Waals surface area contributed by atoms with E-state index in [2.05, 4.69) is 27.4 Å². The summed E-state index contributed by atoms with van der Waals surface area (Å²) in [5, 5.41) is 8.06. The monoisotopic (exact) mass is 499 g/mol. The topological polar surface area (TPSA) is 85.0 Å². The van der Waals surface area contributed by atoms with Crippen molar-refractivity contribution in [3.63, 3.8) is 0 Å². The SMILES string of the molecule is CCc1ccccc1NC(=O)CN1CCN(CN2C(=O)NC(C)(c3ccc4ccccc4c3)C2=O)CC1. The number of imide groups is 1. The molecule has 8 nitrogen and oxygen atoms in total. The molecule has 0 spiro atoms. The van der Waals surface area contributed by atoms with Crippen molar-refractivity contribution in [3.8, 4) is 0 Å². The van der Waals surface area contributed by atoms with Crippen molar-refractivity contribution in [1.82, 2.24) is 20.0 Å². The number of amides is 4. The highest BCUT2D eigenvalue weighted by atomic mass is 16.2. The van der Waals surface area contributed by atoms with Crippen molar-refractivity contribution in [2.75, 3.05) is 44.7 Å². The number of nitrogens with one attached hydrogen (secondary N) is 2. The second-order valence-corrected chi connectivity index (χ2v) is 9.94. The van der Waals surface area contributed by atoms with Crippen LogP contribution in [0.3, 0.4) is 0 Å². The lowest BCUT2D eigenvalue weighted by Crippen LogP contribution is -2.52. The van der Waals surface area contributed by atoms with Crippen LogP contribution in [0.2, 0.25) is 0 Å². The molecule has 2 heterocycles. The number of anilines is 1. The molecule has 192 valence electrons. The normalized spacial score (nSPS) is 20.9. The van der Waals surface area contributed by atoms with Gasteiger partial charge >= 0.3 is 6.03 Å². The molecule has 0 aliphatic carbocycles. The standard InChI is InChI=1S/C29H33N5O3/c1-3-21-8-6-7-11-25(21)30-26(35)19-32-14-16-33(17-15-32)20-34-27(36)29(2,31-28(34)37)24-13-12-22-9-4-5-10-23(22)18-24/h4-13,18H,3,14-17,19-20H2,1-2H3,(H,30,35)(H,31,37). The Hall–Kier alpha value is -3.75. The number of fused-ring (bicyclic) bond motifs is 1. The molecule has 1 unspecified atom stereocenters. The molecule has 2 N–H and O–H groups in total. The molecular weight excluding hydrogens is 466 g/mol. The van der Waals surface area contributed by atoms with Gasteiger partial charge in [-0.15, -0.1) is 0 Å². The van der Waals surface area contributed by atoms with Crippen LogP contribution >= 0.6 is 0 Å². The van der Waals surface area contributed by atoms with Crippen molar-refractivity contribution in [1.29, 1.82) is 0 Å². The molecule has 3 aromatic rings. The van der Waals surface area contributed by atoms with Crippen LogP contribution in [0.5, 0.6) is 0 Å². The van der Waals surface area contributed by atoms with Crippen LogP contribution in [-0.4, -0.2) is 71.9 Å². The third-order valence-electron chi connectivity index (χ3n) is 7.45. The third-order valence-corrected chi connectivity index (χ3v) is 7.45. The number of carbonyl (C=O) groups is 3. The summed E-state index contributed by atoms with van der Waals surface area (Å²) in [6.45, 7) is 7.10. The highest BCUT2D eigenvalue weighted by Gasteiger charge is 2.49. The summed E-state index contributed by atoms with van der Waals surface area (Å²) in [4.78, 5) is 44.4. The van der Waals surface area contributed by atoms with E-state index in [0.717, 1.165) is 34.0 Å². The summed E-state index contributed by atoms with van der Waals surface area (Å²) in [5.74, 6) is -0.279. The fourth-order valence-corrected chi connectivity index (χ4v) is 5.15. The first kappa shape index (κ1) is 24.9. The molecule has 5 rings (SSSR count). The quantitative estimate of drug-likeness (QED) is 0.487. The van der Waals surface area contributed by atoms with Gasteiger partial charge in [0.2, 0.25) is 5.91 Å². The van der Waals surface area contributed by atoms with Gasteiger partial charge in [-0.3, -0.25) is 19.4 Å². The van der Waals surface area contributed by atoms with E-state index in [1.54, 1.807) is 6.92 Å². The predicted molar refractivity (Wildman–Crippen MR) is 144 cm³/mol. The van der Waals surface area contributed by atoms with Gasteiger partial charge in [0.05, 0.1) is 13.2 Å². The van der Waals surface area contributed by atoms with Gasteiger partial charge in [0, 0.05) is 31.9 Å². The van der Waals surface area contributed by atoms with Gasteiger partial charge in [-0.25, -0.2) is 9.69 Å². The zero-order chi connectivity index (χ0) is 26.0. The van der Waals surface area contributed by atoms with E-state index in [0.29, 0.717) is 32.7 Å². The largest absolute Gasteiger partial charge is 0.326 e. The number of carbonyl (C=O) groups excluding carboxylic acids is 3. The lowest BCUT2D eigenvalue weighted by Gasteiger charge is -2.35. The Morgan fingerprint density at radius 3 is 2.35 bits per heavy atom. The molecule has 2 aliphatic rings. The van der Waals surface area contributed by atoms with Gasteiger partial charge in [-0.2, -0.15) is 0 Å². The zero-order valence-corrected chi connectivity index (χ0v) is 21.4. The van der Waals surface area contributed by atoms with E-state index >= 15 is 0 Å². The number of piperazine rings is 1. The van der Waals surface area contributed by atoms with Crippen LogP contribution in [0.15, 0.2) is 66.7 Å². The minimum atomic E-state index is -1.10. The summed E-state index contributed by atoms with van der Waals surface area (Å²) >= 11 is 0. The Kier molecular flexibility index (Phi) is 6.95. The molecule has 0 bridgehead atoms. The molecule has 3 aromatic carbocycles. The average molecular weight is 500 g/mol. The van der Waals surface area contributed by atoms with E-state index in [1.165, 1.54) is 4.90 Å². The number of rotatable bonds is 7. The first-order chi connectivity index (χ1) is 17.9. The fraction of sp³-hybridized carbons (Fsp3) is 0.345. The molecule has 1 atom stereocenters. The molecule has 2 saturated heterocycles. The summed E-state index contributed by atoms with van der Waals surface area (Å²) < 4.78 is 0. The number of hydrogen-bond donors (Lipinski definition) is 2. The van der Waals surface area contributed by atoms with Gasteiger partial charge in [0.1, 0.15) is 5.54 Å². The van der Waals surface area contributed by atoms with E-state index in [4.69, 9.17) is 0 Å². The van der Waals surface area contributed by atoms with Crippen LogP contribution in [0.4, 0.5) is 10.5 Å². The Bertz CT molecular complexity index is 1330. The van der Waals surface area contributed by atoms with E-state index in [9.17, 15) is 14.4 Å². The van der Waals surface area contributed by atoms with Crippen molar-refractivity contribution in [2.45, 2.75) is 25.8 Å². The number of urea groups is 1. The minimum absolute atomic E-state index is 0.0328. The average Bonchev–Trinajstić information content (AvgIpc) is 3.13.